The molecule has 0 fully saturated rings. The number of anilines is 2. The van der Waals surface area contributed by atoms with Gasteiger partial charge in [-0.15, -0.1) is 0 Å². The van der Waals surface area contributed by atoms with Gasteiger partial charge in [0.2, 0.25) is 0 Å². The summed E-state index contributed by atoms with van der Waals surface area (Å²) in [6.07, 6.45) is 1.66. The number of hydrogen-bond donors (Lipinski definition) is 2. The molecule has 1 aromatic heterocycles. The number of rotatable bonds is 3. The van der Waals surface area contributed by atoms with Crippen molar-refractivity contribution < 1.29 is 9.53 Å². The van der Waals surface area contributed by atoms with E-state index < -0.39 is 0 Å². The van der Waals surface area contributed by atoms with Crippen LogP contribution in [0.3, 0.4) is 0 Å². The summed E-state index contributed by atoms with van der Waals surface area (Å²) in [5.74, 6) is 0.207. The fourth-order valence-electron chi connectivity index (χ4n) is 1.65. The molecule has 0 aliphatic carbocycles. The number of pyridine rings is 1. The minimum Gasteiger partial charge on any atom is -0.468 e. The van der Waals surface area contributed by atoms with Crippen molar-refractivity contribution in [2.75, 3.05) is 24.7 Å². The van der Waals surface area contributed by atoms with Crippen LogP contribution in [-0.4, -0.2) is 24.6 Å². The number of benzene rings is 1. The molecule has 0 aliphatic rings. The molecule has 0 radical (unpaired) electrons. The maximum atomic E-state index is 11.1. The summed E-state index contributed by atoms with van der Waals surface area (Å²) in [5.41, 5.74) is 6.55. The van der Waals surface area contributed by atoms with Gasteiger partial charge in [-0.25, -0.2) is 4.98 Å². The zero-order valence-electron chi connectivity index (χ0n) is 9.74. The molecular weight excluding hydrogens is 298 g/mol. The number of nitrogens with two attached hydrogens (primary N) is 1. The van der Waals surface area contributed by atoms with E-state index in [-0.39, 0.29) is 12.5 Å². The van der Waals surface area contributed by atoms with Gasteiger partial charge < -0.3 is 15.8 Å². The normalized spacial score (nSPS) is 10.3. The number of fused-ring (bicyclic) bond motifs is 1. The number of nitrogens with one attached hydrogen (secondary N) is 1. The molecule has 3 N–H and O–H groups in total. The largest absolute Gasteiger partial charge is 0.468 e. The molecule has 0 bridgehead atoms. The number of hydrogen-bond acceptors (Lipinski definition) is 5. The van der Waals surface area contributed by atoms with Crippen molar-refractivity contribution in [1.29, 1.82) is 0 Å². The molecule has 0 saturated heterocycles. The number of ether oxygens (including phenoxy) is 1. The minimum absolute atomic E-state index is 0.0502. The fourth-order valence-corrected chi connectivity index (χ4v) is 2.11. The van der Waals surface area contributed by atoms with Crippen molar-refractivity contribution in [1.82, 2.24) is 4.98 Å². The standard InChI is InChI=1S/C12H12BrN3O2/c1-18-10(17)6-16-12-11-7(4-5-15-12)8(13)2-3-9(11)14/h2-5H,6,14H2,1H3,(H,15,16). The molecular formula is C12H12BrN3O2. The Morgan fingerprint density at radius 1 is 1.50 bits per heavy atom. The van der Waals surface area contributed by atoms with Crippen LogP contribution in [0.4, 0.5) is 11.5 Å². The highest BCUT2D eigenvalue weighted by Gasteiger charge is 2.09. The minimum atomic E-state index is -0.359. The quantitative estimate of drug-likeness (QED) is 0.671. The molecule has 18 heavy (non-hydrogen) atoms. The Labute approximate surface area is 112 Å². The van der Waals surface area contributed by atoms with E-state index in [1.54, 1.807) is 12.3 Å². The number of carbonyl (C=O) groups is 1. The van der Waals surface area contributed by atoms with Crippen molar-refractivity contribution in [3.05, 3.63) is 28.9 Å². The lowest BCUT2D eigenvalue weighted by atomic mass is 10.1. The summed E-state index contributed by atoms with van der Waals surface area (Å²) >= 11 is 3.46. The zero-order chi connectivity index (χ0) is 13.1. The summed E-state index contributed by atoms with van der Waals surface area (Å²) < 4.78 is 5.49. The van der Waals surface area contributed by atoms with Crippen LogP contribution >= 0.6 is 15.9 Å². The predicted octanol–water partition coefficient (Wildman–Crippen LogP) is 2.16. The summed E-state index contributed by atoms with van der Waals surface area (Å²) in [6.45, 7) is 0.0502. The monoisotopic (exact) mass is 309 g/mol. The molecule has 5 nitrogen and oxygen atoms in total. The molecule has 2 rings (SSSR count). The first-order valence-electron chi connectivity index (χ1n) is 5.27. The lowest BCUT2D eigenvalue weighted by molar-refractivity contribution is -0.138. The number of nitrogens with zero attached hydrogens (tertiary/aromatic N) is 1. The predicted molar refractivity (Wildman–Crippen MR) is 74.4 cm³/mol. The average Bonchev–Trinajstić information content (AvgIpc) is 2.40. The van der Waals surface area contributed by atoms with Crippen LogP contribution in [0.1, 0.15) is 0 Å². The smallest absolute Gasteiger partial charge is 0.325 e. The molecule has 1 heterocycles. The first kappa shape index (κ1) is 12.6. The van der Waals surface area contributed by atoms with Crippen LogP contribution in [-0.2, 0) is 9.53 Å². The second-order valence-corrected chi connectivity index (χ2v) is 4.50. The Morgan fingerprint density at radius 3 is 3.00 bits per heavy atom. The number of nitrogen functional groups attached to an aromatic ring is 1. The van der Waals surface area contributed by atoms with E-state index in [4.69, 9.17) is 5.73 Å². The first-order chi connectivity index (χ1) is 8.63. The Kier molecular flexibility index (Phi) is 3.66. The van der Waals surface area contributed by atoms with Crippen LogP contribution in [0, 0.1) is 0 Å². The first-order valence-corrected chi connectivity index (χ1v) is 6.06. The zero-order valence-corrected chi connectivity index (χ0v) is 11.3. The van der Waals surface area contributed by atoms with Crippen molar-refractivity contribution in [3.8, 4) is 0 Å². The van der Waals surface area contributed by atoms with E-state index in [1.165, 1.54) is 7.11 Å². The molecule has 0 unspecified atom stereocenters. The number of aromatic nitrogens is 1. The van der Waals surface area contributed by atoms with Crippen LogP contribution in [0.2, 0.25) is 0 Å². The van der Waals surface area contributed by atoms with Crippen LogP contribution in [0.25, 0.3) is 10.8 Å². The summed E-state index contributed by atoms with van der Waals surface area (Å²) in [5, 5.41) is 4.65. The summed E-state index contributed by atoms with van der Waals surface area (Å²) in [7, 11) is 1.34. The van der Waals surface area contributed by atoms with E-state index in [0.717, 1.165) is 15.2 Å². The molecule has 94 valence electrons. The number of carbonyl (C=O) groups excluding carboxylic acids is 1. The van der Waals surface area contributed by atoms with Gasteiger partial charge in [0.1, 0.15) is 12.4 Å². The van der Waals surface area contributed by atoms with Crippen molar-refractivity contribution in [2.24, 2.45) is 0 Å². The summed E-state index contributed by atoms with van der Waals surface area (Å²) in [6, 6.07) is 5.53. The lowest BCUT2D eigenvalue weighted by Crippen LogP contribution is -2.16. The maximum Gasteiger partial charge on any atom is 0.325 e. The van der Waals surface area contributed by atoms with E-state index in [2.05, 4.69) is 31.0 Å². The molecule has 1 aromatic carbocycles. The van der Waals surface area contributed by atoms with E-state index >= 15 is 0 Å². The van der Waals surface area contributed by atoms with Gasteiger partial charge in [0, 0.05) is 27.1 Å². The molecule has 0 saturated carbocycles. The molecule has 0 amide bonds. The van der Waals surface area contributed by atoms with E-state index in [9.17, 15) is 4.79 Å². The second-order valence-electron chi connectivity index (χ2n) is 3.65. The Hall–Kier alpha value is -1.82. The van der Waals surface area contributed by atoms with Gasteiger partial charge in [0.05, 0.1) is 7.11 Å². The topological polar surface area (TPSA) is 77.2 Å². The maximum absolute atomic E-state index is 11.1. The van der Waals surface area contributed by atoms with Crippen LogP contribution in [0.15, 0.2) is 28.9 Å². The van der Waals surface area contributed by atoms with Gasteiger partial charge in [-0.2, -0.15) is 0 Å². The van der Waals surface area contributed by atoms with Crippen molar-refractivity contribution in [3.63, 3.8) is 0 Å². The van der Waals surface area contributed by atoms with Gasteiger partial charge in [0.25, 0.3) is 0 Å². The van der Waals surface area contributed by atoms with E-state index in [0.29, 0.717) is 11.5 Å². The highest BCUT2D eigenvalue weighted by molar-refractivity contribution is 9.10. The van der Waals surface area contributed by atoms with Gasteiger partial charge in [-0.3, -0.25) is 4.79 Å². The number of esters is 1. The Balaban J connectivity index is 2.45. The highest BCUT2D eigenvalue weighted by atomic mass is 79.9. The third kappa shape index (κ3) is 2.38. The lowest BCUT2D eigenvalue weighted by Gasteiger charge is -2.10. The molecule has 0 spiro atoms. The molecule has 2 aromatic rings. The fraction of sp³-hybridized carbons (Fsp3) is 0.167. The number of halogens is 1. The Morgan fingerprint density at radius 2 is 2.28 bits per heavy atom. The van der Waals surface area contributed by atoms with Gasteiger partial charge in [0.15, 0.2) is 0 Å². The SMILES string of the molecule is COC(=O)CNc1nccc2c(Br)ccc(N)c12. The van der Waals surface area contributed by atoms with Gasteiger partial charge in [-0.05, 0) is 18.2 Å². The number of methoxy groups -OCH3 is 1. The van der Waals surface area contributed by atoms with Gasteiger partial charge >= 0.3 is 5.97 Å². The third-order valence-electron chi connectivity index (χ3n) is 2.53. The molecule has 0 aliphatic heterocycles. The molecule has 6 heteroatoms. The van der Waals surface area contributed by atoms with Crippen LogP contribution in [0.5, 0.6) is 0 Å². The van der Waals surface area contributed by atoms with Crippen LogP contribution < -0.4 is 11.1 Å². The van der Waals surface area contributed by atoms with Crippen molar-refractivity contribution >= 4 is 44.2 Å². The average molecular weight is 310 g/mol. The van der Waals surface area contributed by atoms with Gasteiger partial charge in [-0.1, -0.05) is 15.9 Å². The Bertz CT molecular complexity index is 601. The second kappa shape index (κ2) is 5.22. The highest BCUT2D eigenvalue weighted by Crippen LogP contribution is 2.32. The van der Waals surface area contributed by atoms with Crippen molar-refractivity contribution in [2.45, 2.75) is 0 Å². The van der Waals surface area contributed by atoms with E-state index in [1.807, 2.05) is 12.1 Å². The third-order valence-corrected chi connectivity index (χ3v) is 3.23. The summed E-state index contributed by atoms with van der Waals surface area (Å²) in [4.78, 5) is 15.3. The molecule has 0 atom stereocenters.